The number of benzene rings is 1. The van der Waals surface area contributed by atoms with Crippen LogP contribution in [0.1, 0.15) is 10.5 Å². The van der Waals surface area contributed by atoms with Crippen LogP contribution in [-0.4, -0.2) is 24.5 Å². The number of halogens is 1. The molecule has 9 heteroatoms. The van der Waals surface area contributed by atoms with Gasteiger partial charge in [0.15, 0.2) is 10.8 Å². The van der Waals surface area contributed by atoms with Crippen LogP contribution < -0.4 is 10.5 Å². The molecule has 3 N–H and O–H groups in total. The summed E-state index contributed by atoms with van der Waals surface area (Å²) in [6.45, 7) is 0. The number of amides is 1. The molecule has 2 aromatic rings. The van der Waals surface area contributed by atoms with Gasteiger partial charge in [0.05, 0.1) is 4.90 Å². The SMILES string of the molecule is NS(=O)(=O)c1cccc(NC(=O)c2ccc(Cl)nn2)c1. The van der Waals surface area contributed by atoms with Crippen molar-refractivity contribution in [2.45, 2.75) is 4.90 Å². The van der Waals surface area contributed by atoms with Gasteiger partial charge in [0.1, 0.15) is 0 Å². The van der Waals surface area contributed by atoms with E-state index in [1.807, 2.05) is 0 Å². The third-order valence-electron chi connectivity index (χ3n) is 2.29. The Kier molecular flexibility index (Phi) is 3.98. The lowest BCUT2D eigenvalue weighted by Crippen LogP contribution is -2.16. The molecule has 1 amide bonds. The van der Waals surface area contributed by atoms with Gasteiger partial charge in [-0.1, -0.05) is 17.7 Å². The third-order valence-corrected chi connectivity index (χ3v) is 3.40. The molecule has 20 heavy (non-hydrogen) atoms. The van der Waals surface area contributed by atoms with Crippen molar-refractivity contribution in [1.29, 1.82) is 0 Å². The smallest absolute Gasteiger partial charge is 0.276 e. The van der Waals surface area contributed by atoms with Crippen LogP contribution in [-0.2, 0) is 10.0 Å². The molecule has 1 heterocycles. The third kappa shape index (κ3) is 3.50. The summed E-state index contributed by atoms with van der Waals surface area (Å²) in [4.78, 5) is 11.7. The number of sulfonamides is 1. The van der Waals surface area contributed by atoms with E-state index in [4.69, 9.17) is 16.7 Å². The summed E-state index contributed by atoms with van der Waals surface area (Å²) in [7, 11) is -3.83. The van der Waals surface area contributed by atoms with Crippen molar-refractivity contribution < 1.29 is 13.2 Å². The van der Waals surface area contributed by atoms with Crippen LogP contribution in [0.25, 0.3) is 0 Å². The standard InChI is InChI=1S/C11H9ClN4O3S/c12-10-5-4-9(15-16-10)11(17)14-7-2-1-3-8(6-7)20(13,18)19/h1-6H,(H,14,17)(H2,13,18,19). The summed E-state index contributed by atoms with van der Waals surface area (Å²) in [6.07, 6.45) is 0. The number of nitrogens with one attached hydrogen (secondary N) is 1. The maximum atomic E-state index is 11.8. The molecule has 0 atom stereocenters. The number of nitrogens with zero attached hydrogens (tertiary/aromatic N) is 2. The number of hydrogen-bond acceptors (Lipinski definition) is 5. The number of carbonyl (C=O) groups excluding carboxylic acids is 1. The van der Waals surface area contributed by atoms with Crippen molar-refractivity contribution in [1.82, 2.24) is 10.2 Å². The quantitative estimate of drug-likeness (QED) is 0.878. The topological polar surface area (TPSA) is 115 Å². The first kappa shape index (κ1) is 14.4. The van der Waals surface area contributed by atoms with Crippen molar-refractivity contribution in [3.05, 3.63) is 47.2 Å². The first-order valence-corrected chi connectivity index (χ1v) is 7.22. The predicted molar refractivity (Wildman–Crippen MR) is 72.8 cm³/mol. The van der Waals surface area contributed by atoms with Crippen LogP contribution >= 0.6 is 11.6 Å². The van der Waals surface area contributed by atoms with Crippen molar-refractivity contribution in [2.24, 2.45) is 5.14 Å². The lowest BCUT2D eigenvalue weighted by atomic mass is 10.3. The first-order chi connectivity index (χ1) is 9.36. The Morgan fingerprint density at radius 1 is 1.20 bits per heavy atom. The number of aromatic nitrogens is 2. The molecule has 0 radical (unpaired) electrons. The maximum Gasteiger partial charge on any atom is 0.276 e. The second-order valence-corrected chi connectivity index (χ2v) is 5.72. The highest BCUT2D eigenvalue weighted by Gasteiger charge is 2.11. The van der Waals surface area contributed by atoms with Gasteiger partial charge in [-0.25, -0.2) is 13.6 Å². The van der Waals surface area contributed by atoms with E-state index in [2.05, 4.69) is 15.5 Å². The highest BCUT2D eigenvalue weighted by Crippen LogP contribution is 2.15. The molecule has 104 valence electrons. The Labute approximate surface area is 119 Å². The van der Waals surface area contributed by atoms with E-state index in [-0.39, 0.29) is 21.4 Å². The van der Waals surface area contributed by atoms with Gasteiger partial charge in [0, 0.05) is 5.69 Å². The van der Waals surface area contributed by atoms with Crippen LogP contribution in [0.3, 0.4) is 0 Å². The molecule has 0 aliphatic heterocycles. The number of rotatable bonds is 3. The highest BCUT2D eigenvalue weighted by molar-refractivity contribution is 7.89. The largest absolute Gasteiger partial charge is 0.321 e. The van der Waals surface area contributed by atoms with E-state index in [1.165, 1.54) is 36.4 Å². The molecule has 0 saturated carbocycles. The second kappa shape index (κ2) is 5.53. The fourth-order valence-electron chi connectivity index (χ4n) is 1.38. The van der Waals surface area contributed by atoms with Gasteiger partial charge in [-0.3, -0.25) is 4.79 Å². The second-order valence-electron chi connectivity index (χ2n) is 3.77. The number of anilines is 1. The number of nitrogens with two attached hydrogens (primary N) is 1. The zero-order chi connectivity index (χ0) is 14.8. The molecular formula is C11H9ClN4O3S. The minimum absolute atomic E-state index is 0.0513. The zero-order valence-corrected chi connectivity index (χ0v) is 11.5. The van der Waals surface area contributed by atoms with Gasteiger partial charge in [-0.05, 0) is 30.3 Å². The number of hydrogen-bond donors (Lipinski definition) is 2. The van der Waals surface area contributed by atoms with E-state index < -0.39 is 15.9 Å². The van der Waals surface area contributed by atoms with Gasteiger partial charge < -0.3 is 5.32 Å². The summed E-state index contributed by atoms with van der Waals surface area (Å²) in [5.74, 6) is -0.541. The molecule has 7 nitrogen and oxygen atoms in total. The highest BCUT2D eigenvalue weighted by atomic mass is 35.5. The van der Waals surface area contributed by atoms with Crippen LogP contribution in [0.2, 0.25) is 5.15 Å². The fourth-order valence-corrected chi connectivity index (χ4v) is 2.04. The summed E-state index contributed by atoms with van der Waals surface area (Å²) in [6, 6.07) is 8.38. The van der Waals surface area contributed by atoms with Gasteiger partial charge in [-0.2, -0.15) is 0 Å². The van der Waals surface area contributed by atoms with Crippen LogP contribution in [0.15, 0.2) is 41.3 Å². The normalized spacial score (nSPS) is 11.1. The maximum absolute atomic E-state index is 11.8. The molecule has 0 unspecified atom stereocenters. The molecule has 0 aliphatic rings. The van der Waals surface area contributed by atoms with Gasteiger partial charge in [0.25, 0.3) is 5.91 Å². The van der Waals surface area contributed by atoms with Crippen molar-refractivity contribution in [2.75, 3.05) is 5.32 Å². The fraction of sp³-hybridized carbons (Fsp3) is 0. The summed E-state index contributed by atoms with van der Waals surface area (Å²) in [5, 5.41) is 14.8. The molecule has 0 bridgehead atoms. The Bertz CT molecular complexity index is 747. The average molecular weight is 313 g/mol. The van der Waals surface area contributed by atoms with Crippen molar-refractivity contribution >= 4 is 33.2 Å². The minimum atomic E-state index is -3.83. The molecule has 2 rings (SSSR count). The minimum Gasteiger partial charge on any atom is -0.321 e. The summed E-state index contributed by atoms with van der Waals surface area (Å²) >= 11 is 5.56. The molecular weight excluding hydrogens is 304 g/mol. The van der Waals surface area contributed by atoms with E-state index in [9.17, 15) is 13.2 Å². The van der Waals surface area contributed by atoms with E-state index in [1.54, 1.807) is 0 Å². The Morgan fingerprint density at radius 2 is 1.95 bits per heavy atom. The predicted octanol–water partition coefficient (Wildman–Crippen LogP) is 1.03. The molecule has 0 saturated heterocycles. The molecule has 1 aromatic carbocycles. The molecule has 1 aromatic heterocycles. The number of primary sulfonamides is 1. The van der Waals surface area contributed by atoms with Crippen LogP contribution in [0, 0.1) is 0 Å². The van der Waals surface area contributed by atoms with E-state index in [0.29, 0.717) is 0 Å². The van der Waals surface area contributed by atoms with E-state index in [0.717, 1.165) is 0 Å². The van der Waals surface area contributed by atoms with Gasteiger partial charge in [0.2, 0.25) is 10.0 Å². The van der Waals surface area contributed by atoms with E-state index >= 15 is 0 Å². The average Bonchev–Trinajstić information content (AvgIpc) is 2.38. The Morgan fingerprint density at radius 3 is 2.55 bits per heavy atom. The first-order valence-electron chi connectivity index (χ1n) is 5.30. The lowest BCUT2D eigenvalue weighted by Gasteiger charge is -2.05. The van der Waals surface area contributed by atoms with Crippen LogP contribution in [0.4, 0.5) is 5.69 Å². The Hall–Kier alpha value is -2.03. The zero-order valence-electron chi connectivity index (χ0n) is 9.95. The lowest BCUT2D eigenvalue weighted by molar-refractivity contribution is 0.102. The van der Waals surface area contributed by atoms with Crippen LogP contribution in [0.5, 0.6) is 0 Å². The summed E-state index contributed by atoms with van der Waals surface area (Å²) < 4.78 is 22.4. The molecule has 0 spiro atoms. The van der Waals surface area contributed by atoms with Crippen molar-refractivity contribution in [3.63, 3.8) is 0 Å². The van der Waals surface area contributed by atoms with Gasteiger partial charge in [-0.15, -0.1) is 10.2 Å². The molecule has 0 fully saturated rings. The van der Waals surface area contributed by atoms with Crippen molar-refractivity contribution in [3.8, 4) is 0 Å². The van der Waals surface area contributed by atoms with Gasteiger partial charge >= 0.3 is 0 Å². The summed E-state index contributed by atoms with van der Waals surface area (Å²) in [5.41, 5.74) is 0.327. The monoisotopic (exact) mass is 312 g/mol. The number of carbonyl (C=O) groups is 1. The molecule has 0 aliphatic carbocycles. The Balaban J connectivity index is 2.22.